The topological polar surface area (TPSA) is 62.3 Å². The van der Waals surface area contributed by atoms with Crippen LogP contribution >= 0.6 is 0 Å². The summed E-state index contributed by atoms with van der Waals surface area (Å²) in [6, 6.07) is 7.16. The second-order valence-corrected chi connectivity index (χ2v) is 3.85. The molecule has 0 spiro atoms. The number of fused-ring (bicyclic) bond motifs is 1. The van der Waals surface area contributed by atoms with Crippen molar-refractivity contribution >= 4 is 16.9 Å². The van der Waals surface area contributed by atoms with Crippen LogP contribution < -0.4 is 0 Å². The van der Waals surface area contributed by atoms with Gasteiger partial charge in [0.25, 0.3) is 0 Å². The molecule has 4 nitrogen and oxygen atoms in total. The van der Waals surface area contributed by atoms with Crippen LogP contribution in [0, 0.1) is 0 Å². The maximum Gasteiger partial charge on any atom is 0.358 e. The van der Waals surface area contributed by atoms with E-state index in [9.17, 15) is 9.90 Å². The molecule has 0 aliphatic carbocycles. The lowest BCUT2D eigenvalue weighted by atomic mass is 10.2. The normalized spacial score (nSPS) is 10.9. The largest absolute Gasteiger partial charge is 0.505 e. The Labute approximate surface area is 92.9 Å². The molecule has 2 rings (SSSR count). The molecule has 0 saturated carbocycles. The number of ether oxygens (including phenoxy) is 1. The molecule has 0 unspecified atom stereocenters. The van der Waals surface area contributed by atoms with Crippen molar-refractivity contribution in [3.05, 3.63) is 30.0 Å². The molecule has 4 heteroatoms. The van der Waals surface area contributed by atoms with Crippen LogP contribution in [0.25, 0.3) is 10.9 Å². The average Bonchev–Trinajstić information content (AvgIpc) is 2.56. The van der Waals surface area contributed by atoms with E-state index in [4.69, 9.17) is 4.74 Å². The Morgan fingerprint density at radius 3 is 2.69 bits per heavy atom. The number of carbonyl (C=O) groups is 1. The zero-order valence-corrected chi connectivity index (χ0v) is 9.15. The number of carbonyl (C=O) groups excluding carboxylic acids is 1. The van der Waals surface area contributed by atoms with E-state index in [2.05, 4.69) is 4.98 Å². The third kappa shape index (κ3) is 1.74. The quantitative estimate of drug-likeness (QED) is 0.762. The number of esters is 1. The minimum absolute atomic E-state index is 0.0544. The number of rotatable bonds is 2. The fraction of sp³-hybridized carbons (Fsp3) is 0.250. The van der Waals surface area contributed by atoms with Gasteiger partial charge in [-0.25, -0.2) is 4.79 Å². The van der Waals surface area contributed by atoms with Gasteiger partial charge in [-0.05, 0) is 26.0 Å². The van der Waals surface area contributed by atoms with Crippen molar-refractivity contribution in [3.63, 3.8) is 0 Å². The molecule has 16 heavy (non-hydrogen) atoms. The van der Waals surface area contributed by atoms with E-state index in [-0.39, 0.29) is 17.5 Å². The highest BCUT2D eigenvalue weighted by Crippen LogP contribution is 2.29. The Bertz CT molecular complexity index is 528. The van der Waals surface area contributed by atoms with Crippen molar-refractivity contribution in [2.24, 2.45) is 0 Å². The van der Waals surface area contributed by atoms with E-state index in [0.29, 0.717) is 5.39 Å². The summed E-state index contributed by atoms with van der Waals surface area (Å²) in [4.78, 5) is 14.5. The molecular weight excluding hydrogens is 206 g/mol. The van der Waals surface area contributed by atoms with Crippen molar-refractivity contribution in [3.8, 4) is 5.75 Å². The van der Waals surface area contributed by atoms with Gasteiger partial charge in [-0.1, -0.05) is 12.1 Å². The number of aromatic amines is 1. The van der Waals surface area contributed by atoms with E-state index >= 15 is 0 Å². The summed E-state index contributed by atoms with van der Waals surface area (Å²) in [6.45, 7) is 3.52. The molecule has 0 bridgehead atoms. The summed E-state index contributed by atoms with van der Waals surface area (Å²) in [5.74, 6) is -0.593. The van der Waals surface area contributed by atoms with Gasteiger partial charge in [0.15, 0.2) is 11.4 Å². The van der Waals surface area contributed by atoms with Crippen molar-refractivity contribution < 1.29 is 14.6 Å². The number of benzene rings is 1. The number of hydrogen-bond acceptors (Lipinski definition) is 3. The highest BCUT2D eigenvalue weighted by Gasteiger charge is 2.18. The number of para-hydroxylation sites is 1. The van der Waals surface area contributed by atoms with Crippen LogP contribution in [0.15, 0.2) is 24.3 Å². The molecule has 0 aliphatic rings. The Hall–Kier alpha value is -1.97. The molecular formula is C12H13NO3. The molecule has 0 saturated heterocycles. The van der Waals surface area contributed by atoms with Gasteiger partial charge in [-0.15, -0.1) is 0 Å². The van der Waals surface area contributed by atoms with Crippen LogP contribution in [0.3, 0.4) is 0 Å². The van der Waals surface area contributed by atoms with E-state index < -0.39 is 5.97 Å². The van der Waals surface area contributed by atoms with E-state index in [1.807, 2.05) is 6.07 Å². The predicted octanol–water partition coefficient (Wildman–Crippen LogP) is 2.44. The highest BCUT2D eigenvalue weighted by molar-refractivity contribution is 6.00. The van der Waals surface area contributed by atoms with E-state index in [0.717, 1.165) is 5.52 Å². The first kappa shape index (κ1) is 10.5. The molecule has 0 radical (unpaired) electrons. The van der Waals surface area contributed by atoms with Crippen molar-refractivity contribution in [2.45, 2.75) is 20.0 Å². The average molecular weight is 219 g/mol. The smallest absolute Gasteiger partial charge is 0.358 e. The Morgan fingerprint density at radius 2 is 2.06 bits per heavy atom. The molecule has 1 aromatic heterocycles. The Kier molecular flexibility index (Phi) is 2.56. The fourth-order valence-corrected chi connectivity index (χ4v) is 1.55. The van der Waals surface area contributed by atoms with Crippen molar-refractivity contribution in [2.75, 3.05) is 0 Å². The number of hydrogen-bond donors (Lipinski definition) is 2. The van der Waals surface area contributed by atoms with Gasteiger partial charge in [0.1, 0.15) is 0 Å². The Balaban J connectivity index is 2.45. The Morgan fingerprint density at radius 1 is 1.38 bits per heavy atom. The SMILES string of the molecule is CC(C)OC(=O)c1[nH]c2ccccc2c1O. The van der Waals surface area contributed by atoms with Crippen LogP contribution in [0.4, 0.5) is 0 Å². The minimum atomic E-state index is -0.538. The summed E-state index contributed by atoms with van der Waals surface area (Å²) in [5, 5.41) is 10.5. The number of nitrogens with one attached hydrogen (secondary N) is 1. The molecule has 0 fully saturated rings. The van der Waals surface area contributed by atoms with Gasteiger partial charge in [0.05, 0.1) is 6.10 Å². The monoisotopic (exact) mass is 219 g/mol. The lowest BCUT2D eigenvalue weighted by Gasteiger charge is -2.06. The molecule has 0 atom stereocenters. The number of aromatic hydroxyl groups is 1. The summed E-state index contributed by atoms with van der Waals surface area (Å²) in [7, 11) is 0. The molecule has 2 aromatic rings. The first-order chi connectivity index (χ1) is 7.59. The first-order valence-corrected chi connectivity index (χ1v) is 5.10. The lowest BCUT2D eigenvalue weighted by Crippen LogP contribution is -2.11. The molecule has 2 N–H and O–H groups in total. The summed E-state index contributed by atoms with van der Waals surface area (Å²) < 4.78 is 5.02. The van der Waals surface area contributed by atoms with Gasteiger partial charge >= 0.3 is 5.97 Å². The molecule has 0 aliphatic heterocycles. The zero-order chi connectivity index (χ0) is 11.7. The predicted molar refractivity (Wildman–Crippen MR) is 60.5 cm³/mol. The van der Waals surface area contributed by atoms with Gasteiger partial charge in [0, 0.05) is 10.9 Å². The third-order valence-electron chi connectivity index (χ3n) is 2.23. The third-order valence-corrected chi connectivity index (χ3v) is 2.23. The maximum atomic E-state index is 11.6. The van der Waals surface area contributed by atoms with Gasteiger partial charge in [-0.3, -0.25) is 0 Å². The molecule has 1 heterocycles. The number of H-pyrrole nitrogens is 1. The minimum Gasteiger partial charge on any atom is -0.505 e. The molecule has 0 amide bonds. The highest BCUT2D eigenvalue weighted by atomic mass is 16.5. The lowest BCUT2D eigenvalue weighted by molar-refractivity contribution is 0.0369. The molecule has 84 valence electrons. The fourth-order valence-electron chi connectivity index (χ4n) is 1.55. The molecule has 1 aromatic carbocycles. The zero-order valence-electron chi connectivity index (χ0n) is 9.15. The summed E-state index contributed by atoms with van der Waals surface area (Å²) in [6.07, 6.45) is -0.210. The second-order valence-electron chi connectivity index (χ2n) is 3.85. The summed E-state index contributed by atoms with van der Waals surface area (Å²) >= 11 is 0. The standard InChI is InChI=1S/C12H13NO3/c1-7(2)16-12(15)10-11(14)8-5-3-4-6-9(8)13-10/h3-7,13-14H,1-2H3. The van der Waals surface area contributed by atoms with Gasteiger partial charge in [-0.2, -0.15) is 0 Å². The van der Waals surface area contributed by atoms with Crippen LogP contribution in [-0.4, -0.2) is 22.2 Å². The second kappa shape index (κ2) is 3.89. The van der Waals surface area contributed by atoms with Crippen molar-refractivity contribution in [1.29, 1.82) is 0 Å². The van der Waals surface area contributed by atoms with E-state index in [1.165, 1.54) is 0 Å². The van der Waals surface area contributed by atoms with E-state index in [1.54, 1.807) is 32.0 Å². The van der Waals surface area contributed by atoms with Crippen LogP contribution in [0.2, 0.25) is 0 Å². The summed E-state index contributed by atoms with van der Waals surface area (Å²) in [5.41, 5.74) is 0.825. The van der Waals surface area contributed by atoms with Crippen LogP contribution in [0.5, 0.6) is 5.75 Å². The van der Waals surface area contributed by atoms with Crippen LogP contribution in [0.1, 0.15) is 24.3 Å². The maximum absolute atomic E-state index is 11.6. The van der Waals surface area contributed by atoms with Crippen molar-refractivity contribution in [1.82, 2.24) is 4.98 Å². The van der Waals surface area contributed by atoms with Gasteiger partial charge < -0.3 is 14.8 Å². The number of aromatic nitrogens is 1. The van der Waals surface area contributed by atoms with Gasteiger partial charge in [0.2, 0.25) is 0 Å². The van der Waals surface area contributed by atoms with Crippen LogP contribution in [-0.2, 0) is 4.74 Å². The first-order valence-electron chi connectivity index (χ1n) is 5.10.